The van der Waals surface area contributed by atoms with Gasteiger partial charge in [0.05, 0.1) is 18.4 Å². The molecule has 12 nitrogen and oxygen atoms in total. The molecule has 0 aliphatic carbocycles. The highest BCUT2D eigenvalue weighted by Gasteiger charge is 2.27. The summed E-state index contributed by atoms with van der Waals surface area (Å²) in [7, 11) is 0. The van der Waals surface area contributed by atoms with Crippen molar-refractivity contribution in [1.29, 1.82) is 0 Å². The summed E-state index contributed by atoms with van der Waals surface area (Å²) in [5.41, 5.74) is 2.37. The van der Waals surface area contributed by atoms with Gasteiger partial charge in [0.25, 0.3) is 0 Å². The SMILES string of the molecule is CCC(C)[C@H](NC(=O)Cc1ccc(C(=O)O)cc1)C(=O)NCCCCCCCCCNC(=O)[C@@H](NC(=O)Cc1ccc(C(O)C(=O)c2ccccc2)cc1)C(C)CC. The topological polar surface area (TPSA) is 191 Å². The molecule has 12 heteroatoms. The smallest absolute Gasteiger partial charge is 0.335 e. The number of nitrogens with one attached hydrogen (secondary N) is 4. The van der Waals surface area contributed by atoms with Gasteiger partial charge in [-0.2, -0.15) is 0 Å². The molecule has 0 aliphatic heterocycles. The molecule has 314 valence electrons. The Bertz CT molecular complexity index is 1760. The second kappa shape index (κ2) is 25.1. The highest BCUT2D eigenvalue weighted by atomic mass is 16.4. The van der Waals surface area contributed by atoms with Crippen molar-refractivity contribution in [2.45, 2.75) is 117 Å². The molecule has 0 saturated carbocycles. The predicted molar refractivity (Wildman–Crippen MR) is 224 cm³/mol. The third kappa shape index (κ3) is 15.9. The zero-order valence-corrected chi connectivity index (χ0v) is 34.4. The van der Waals surface area contributed by atoms with Crippen molar-refractivity contribution in [2.24, 2.45) is 11.8 Å². The van der Waals surface area contributed by atoms with Crippen LogP contribution < -0.4 is 21.3 Å². The highest BCUT2D eigenvalue weighted by molar-refractivity contribution is 5.99. The van der Waals surface area contributed by atoms with Crippen molar-refractivity contribution < 1.29 is 39.0 Å². The molecule has 0 saturated heterocycles. The number of Topliss-reactive ketones (excluding diaryl/α,β-unsaturated/α-hetero) is 1. The maximum atomic E-state index is 13.1. The van der Waals surface area contributed by atoms with Gasteiger partial charge in [-0.3, -0.25) is 24.0 Å². The number of aliphatic hydroxyl groups is 1. The van der Waals surface area contributed by atoms with E-state index in [0.29, 0.717) is 41.8 Å². The van der Waals surface area contributed by atoms with E-state index in [1.54, 1.807) is 66.7 Å². The van der Waals surface area contributed by atoms with Gasteiger partial charge >= 0.3 is 5.97 Å². The number of ketones is 1. The average Bonchev–Trinajstić information content (AvgIpc) is 3.23. The van der Waals surface area contributed by atoms with Gasteiger partial charge in [-0.1, -0.05) is 139 Å². The van der Waals surface area contributed by atoms with Crippen molar-refractivity contribution in [2.75, 3.05) is 13.1 Å². The molecule has 4 amide bonds. The Hall–Kier alpha value is -5.36. The third-order valence-corrected chi connectivity index (χ3v) is 10.6. The van der Waals surface area contributed by atoms with Crippen molar-refractivity contribution in [3.05, 3.63) is 107 Å². The summed E-state index contributed by atoms with van der Waals surface area (Å²) >= 11 is 0. The Morgan fingerprint density at radius 2 is 0.966 bits per heavy atom. The van der Waals surface area contributed by atoms with Crippen LogP contribution >= 0.6 is 0 Å². The van der Waals surface area contributed by atoms with Crippen molar-refractivity contribution >= 4 is 35.4 Å². The molecule has 0 aliphatic rings. The van der Waals surface area contributed by atoms with E-state index in [9.17, 15) is 33.9 Å². The Morgan fingerprint density at radius 3 is 1.38 bits per heavy atom. The first kappa shape index (κ1) is 47.0. The van der Waals surface area contributed by atoms with E-state index in [1.165, 1.54) is 12.1 Å². The molecule has 3 unspecified atom stereocenters. The fourth-order valence-electron chi connectivity index (χ4n) is 6.50. The number of carboxylic acids is 1. The van der Waals surface area contributed by atoms with E-state index >= 15 is 0 Å². The molecule has 3 aromatic carbocycles. The molecule has 5 atom stereocenters. The van der Waals surface area contributed by atoms with Gasteiger partial charge in [-0.25, -0.2) is 4.79 Å². The third-order valence-electron chi connectivity index (χ3n) is 10.6. The molecule has 0 fully saturated rings. The average molecular weight is 799 g/mol. The van der Waals surface area contributed by atoms with Gasteiger partial charge in [0.1, 0.15) is 18.2 Å². The molecular weight excluding hydrogens is 737 g/mol. The second-order valence-electron chi connectivity index (χ2n) is 15.1. The van der Waals surface area contributed by atoms with Crippen LogP contribution in [0.25, 0.3) is 0 Å². The number of amides is 4. The first-order valence-corrected chi connectivity index (χ1v) is 20.7. The fourth-order valence-corrected chi connectivity index (χ4v) is 6.50. The zero-order valence-electron chi connectivity index (χ0n) is 34.4. The Labute approximate surface area is 343 Å². The number of aromatic carboxylic acids is 1. The molecular formula is C46H62N4O8. The largest absolute Gasteiger partial charge is 0.478 e. The number of carboxylic acid groups (broad SMARTS) is 1. The minimum atomic E-state index is -1.30. The summed E-state index contributed by atoms with van der Waals surface area (Å²) < 4.78 is 0. The van der Waals surface area contributed by atoms with Gasteiger partial charge in [0.15, 0.2) is 5.78 Å². The number of benzene rings is 3. The van der Waals surface area contributed by atoms with Gasteiger partial charge in [0.2, 0.25) is 23.6 Å². The summed E-state index contributed by atoms with van der Waals surface area (Å²) in [5, 5.41) is 31.4. The first-order chi connectivity index (χ1) is 27.8. The second-order valence-corrected chi connectivity index (χ2v) is 15.1. The molecule has 0 spiro atoms. The molecule has 6 N–H and O–H groups in total. The number of hydrogen-bond donors (Lipinski definition) is 6. The van der Waals surface area contributed by atoms with Crippen LogP contribution in [0.15, 0.2) is 78.9 Å². The molecule has 0 heterocycles. The van der Waals surface area contributed by atoms with Gasteiger partial charge < -0.3 is 31.5 Å². The van der Waals surface area contributed by atoms with Gasteiger partial charge in [-0.05, 0) is 53.5 Å². The van der Waals surface area contributed by atoms with Crippen molar-refractivity contribution in [3.8, 4) is 0 Å². The molecule has 0 bridgehead atoms. The van der Waals surface area contributed by atoms with Crippen LogP contribution in [-0.4, -0.2) is 70.8 Å². The van der Waals surface area contributed by atoms with E-state index in [0.717, 1.165) is 51.4 Å². The first-order valence-electron chi connectivity index (χ1n) is 20.7. The molecule has 3 aromatic rings. The van der Waals surface area contributed by atoms with Crippen LogP contribution in [0.4, 0.5) is 0 Å². The van der Waals surface area contributed by atoms with Crippen LogP contribution in [0, 0.1) is 11.8 Å². The lowest BCUT2D eigenvalue weighted by atomic mass is 9.97. The predicted octanol–water partition coefficient (Wildman–Crippen LogP) is 6.11. The monoisotopic (exact) mass is 798 g/mol. The summed E-state index contributed by atoms with van der Waals surface area (Å²) in [6.45, 7) is 8.85. The number of hydrogen-bond acceptors (Lipinski definition) is 7. The maximum absolute atomic E-state index is 13.1. The fraction of sp³-hybridized carbons (Fsp3) is 0.478. The zero-order chi connectivity index (χ0) is 42.5. The maximum Gasteiger partial charge on any atom is 0.335 e. The van der Waals surface area contributed by atoms with Crippen LogP contribution in [0.2, 0.25) is 0 Å². The lowest BCUT2D eigenvalue weighted by molar-refractivity contribution is -0.130. The lowest BCUT2D eigenvalue weighted by Crippen LogP contribution is -2.50. The minimum absolute atomic E-state index is 0.0523. The molecule has 3 rings (SSSR count). The molecule has 0 radical (unpaired) electrons. The highest BCUT2D eigenvalue weighted by Crippen LogP contribution is 2.20. The van der Waals surface area contributed by atoms with E-state index in [1.807, 2.05) is 27.7 Å². The van der Waals surface area contributed by atoms with E-state index in [-0.39, 0.29) is 53.9 Å². The lowest BCUT2D eigenvalue weighted by Gasteiger charge is -2.23. The Balaban J connectivity index is 1.29. The van der Waals surface area contributed by atoms with Crippen LogP contribution in [0.1, 0.15) is 129 Å². The number of aliphatic hydroxyl groups excluding tert-OH is 1. The summed E-state index contributed by atoms with van der Waals surface area (Å²) in [4.78, 5) is 75.5. The van der Waals surface area contributed by atoms with E-state index in [4.69, 9.17) is 5.11 Å². The summed E-state index contributed by atoms with van der Waals surface area (Å²) in [6.07, 6.45) is 6.88. The van der Waals surface area contributed by atoms with Crippen LogP contribution in [0.3, 0.4) is 0 Å². The van der Waals surface area contributed by atoms with Crippen molar-refractivity contribution in [3.63, 3.8) is 0 Å². The number of rotatable bonds is 26. The molecule has 58 heavy (non-hydrogen) atoms. The minimum Gasteiger partial charge on any atom is -0.478 e. The van der Waals surface area contributed by atoms with Gasteiger partial charge in [0, 0.05) is 18.7 Å². The Kier molecular flexibility index (Phi) is 20.3. The van der Waals surface area contributed by atoms with E-state index in [2.05, 4.69) is 21.3 Å². The number of carbonyl (C=O) groups is 6. The summed E-state index contributed by atoms with van der Waals surface area (Å²) in [5.74, 6) is -2.53. The number of carbonyl (C=O) groups excluding carboxylic acids is 5. The van der Waals surface area contributed by atoms with E-state index < -0.39 is 29.9 Å². The standard InChI is InChI=1S/C46H62N4O8/c1-5-31(3)40(49-38(51)29-33-19-23-36(24-20-33)43(54)42(53)35-17-13-12-14-18-35)44(55)47-27-15-10-8-7-9-11-16-28-48-45(56)41(32(4)6-2)50-39(52)30-34-21-25-37(26-22-34)46(57)58/h12-14,17-26,31-32,40-41,43,54H,5-11,15-16,27-30H2,1-4H3,(H,47,55)(H,48,56)(H,49,51)(H,50,52)(H,57,58)/t31?,32?,40-,41-,43?/m0/s1. The van der Waals surface area contributed by atoms with Crippen LogP contribution in [-0.2, 0) is 32.0 Å². The number of unbranched alkanes of at least 4 members (excludes halogenated alkanes) is 6. The quantitative estimate of drug-likeness (QED) is 0.0414. The summed E-state index contributed by atoms with van der Waals surface area (Å²) in [6, 6.07) is 20.1. The van der Waals surface area contributed by atoms with Gasteiger partial charge in [-0.15, -0.1) is 0 Å². The Morgan fingerprint density at radius 1 is 0.552 bits per heavy atom. The normalized spacial score (nSPS) is 13.6. The van der Waals surface area contributed by atoms with Crippen LogP contribution in [0.5, 0.6) is 0 Å². The van der Waals surface area contributed by atoms with Crippen molar-refractivity contribution in [1.82, 2.24) is 21.3 Å². The molecule has 0 aromatic heterocycles.